The van der Waals surface area contributed by atoms with Crippen molar-refractivity contribution in [2.24, 2.45) is 0 Å². The highest BCUT2D eigenvalue weighted by Crippen LogP contribution is 2.25. The number of rotatable bonds is 2. The summed E-state index contributed by atoms with van der Waals surface area (Å²) in [6.07, 6.45) is 0. The SMILES string of the molecule is Cc1ccc(Cl)cc1C(=O)c1cc(F)c(F)cc1Cl. The van der Waals surface area contributed by atoms with E-state index in [2.05, 4.69) is 0 Å². The van der Waals surface area contributed by atoms with Crippen LogP contribution in [0.3, 0.4) is 0 Å². The van der Waals surface area contributed by atoms with Crippen LogP contribution in [0.5, 0.6) is 0 Å². The molecule has 0 radical (unpaired) electrons. The van der Waals surface area contributed by atoms with E-state index in [1.165, 1.54) is 6.07 Å². The summed E-state index contributed by atoms with van der Waals surface area (Å²) in [5.74, 6) is -2.71. The van der Waals surface area contributed by atoms with Crippen LogP contribution in [0, 0.1) is 18.6 Å². The van der Waals surface area contributed by atoms with Gasteiger partial charge in [0.05, 0.1) is 5.02 Å². The van der Waals surface area contributed by atoms with Gasteiger partial charge in [-0.3, -0.25) is 4.79 Å². The van der Waals surface area contributed by atoms with Gasteiger partial charge in [-0.2, -0.15) is 0 Å². The maximum atomic E-state index is 13.2. The standard InChI is InChI=1S/C14H8Cl2F2O/c1-7-2-3-8(15)4-9(7)14(19)10-5-12(17)13(18)6-11(10)16/h2-6H,1H3. The van der Waals surface area contributed by atoms with E-state index in [1.54, 1.807) is 19.1 Å². The maximum absolute atomic E-state index is 13.2. The third kappa shape index (κ3) is 2.77. The first-order chi connectivity index (χ1) is 8.90. The van der Waals surface area contributed by atoms with Crippen molar-refractivity contribution < 1.29 is 13.6 Å². The summed E-state index contributed by atoms with van der Waals surface area (Å²) in [5, 5.41) is 0.246. The molecule has 0 bridgehead atoms. The molecule has 0 aromatic heterocycles. The molecule has 1 nitrogen and oxygen atoms in total. The fourth-order valence-corrected chi connectivity index (χ4v) is 2.09. The second-order valence-corrected chi connectivity index (χ2v) is 4.88. The highest BCUT2D eigenvalue weighted by molar-refractivity contribution is 6.35. The van der Waals surface area contributed by atoms with Gasteiger partial charge in [-0.05, 0) is 36.8 Å². The Labute approximate surface area is 118 Å². The van der Waals surface area contributed by atoms with E-state index in [-0.39, 0.29) is 10.6 Å². The Morgan fingerprint density at radius 1 is 1.00 bits per heavy atom. The molecule has 0 unspecified atom stereocenters. The lowest BCUT2D eigenvalue weighted by molar-refractivity contribution is 0.103. The summed E-state index contributed by atoms with van der Waals surface area (Å²) in [6.45, 7) is 1.72. The highest BCUT2D eigenvalue weighted by atomic mass is 35.5. The second-order valence-electron chi connectivity index (χ2n) is 4.03. The molecule has 0 fully saturated rings. The normalized spacial score (nSPS) is 10.6. The third-order valence-electron chi connectivity index (χ3n) is 2.70. The molecule has 5 heteroatoms. The quantitative estimate of drug-likeness (QED) is 0.574. The zero-order valence-electron chi connectivity index (χ0n) is 9.81. The van der Waals surface area contributed by atoms with Gasteiger partial charge in [0.25, 0.3) is 0 Å². The van der Waals surface area contributed by atoms with Gasteiger partial charge in [0.15, 0.2) is 17.4 Å². The Hall–Kier alpha value is -1.45. The third-order valence-corrected chi connectivity index (χ3v) is 3.25. The van der Waals surface area contributed by atoms with E-state index < -0.39 is 17.4 Å². The van der Waals surface area contributed by atoms with Crippen molar-refractivity contribution in [1.82, 2.24) is 0 Å². The second kappa shape index (κ2) is 5.27. The fraction of sp³-hybridized carbons (Fsp3) is 0.0714. The number of benzene rings is 2. The van der Waals surface area contributed by atoms with Crippen molar-refractivity contribution in [2.75, 3.05) is 0 Å². The van der Waals surface area contributed by atoms with E-state index in [1.807, 2.05) is 0 Å². The predicted molar refractivity (Wildman–Crippen MR) is 71.0 cm³/mol. The van der Waals surface area contributed by atoms with Gasteiger partial charge in [0.2, 0.25) is 0 Å². The van der Waals surface area contributed by atoms with Gasteiger partial charge in [-0.25, -0.2) is 8.78 Å². The van der Waals surface area contributed by atoms with Crippen LogP contribution < -0.4 is 0 Å². The number of hydrogen-bond acceptors (Lipinski definition) is 1. The van der Waals surface area contributed by atoms with Crippen molar-refractivity contribution in [3.8, 4) is 0 Å². The lowest BCUT2D eigenvalue weighted by Crippen LogP contribution is -2.06. The lowest BCUT2D eigenvalue weighted by atomic mass is 9.99. The largest absolute Gasteiger partial charge is 0.289 e. The summed E-state index contributed by atoms with van der Waals surface area (Å²) in [4.78, 5) is 12.3. The average Bonchev–Trinajstić information content (AvgIpc) is 2.36. The smallest absolute Gasteiger partial charge is 0.194 e. The van der Waals surface area contributed by atoms with Gasteiger partial charge in [-0.1, -0.05) is 29.3 Å². The van der Waals surface area contributed by atoms with Gasteiger partial charge in [0, 0.05) is 16.1 Å². The minimum Gasteiger partial charge on any atom is -0.289 e. The monoisotopic (exact) mass is 300 g/mol. The summed E-state index contributed by atoms with van der Waals surface area (Å²) in [7, 11) is 0. The first kappa shape index (κ1) is 14.0. The molecule has 0 atom stereocenters. The molecular formula is C14H8Cl2F2O. The van der Waals surface area contributed by atoms with Crippen LogP contribution in [0.25, 0.3) is 0 Å². The van der Waals surface area contributed by atoms with Crippen LogP contribution in [0.4, 0.5) is 8.78 Å². The summed E-state index contributed by atoms with van der Waals surface area (Å²) in [5.41, 5.74) is 0.890. The molecule has 0 N–H and O–H groups in total. The molecule has 0 spiro atoms. The van der Waals surface area contributed by atoms with Crippen molar-refractivity contribution in [1.29, 1.82) is 0 Å². The van der Waals surface area contributed by atoms with Gasteiger partial charge in [-0.15, -0.1) is 0 Å². The fourth-order valence-electron chi connectivity index (χ4n) is 1.68. The topological polar surface area (TPSA) is 17.1 Å². The number of carbonyl (C=O) groups excluding carboxylic acids is 1. The van der Waals surface area contributed by atoms with Crippen LogP contribution >= 0.6 is 23.2 Å². The van der Waals surface area contributed by atoms with E-state index in [0.29, 0.717) is 16.1 Å². The molecule has 0 heterocycles. The van der Waals surface area contributed by atoms with Crippen LogP contribution in [-0.4, -0.2) is 5.78 Å². The predicted octanol–water partition coefficient (Wildman–Crippen LogP) is 4.81. The minimum atomic E-state index is -1.12. The Morgan fingerprint density at radius 3 is 2.32 bits per heavy atom. The molecule has 0 aliphatic carbocycles. The van der Waals surface area contributed by atoms with E-state index in [4.69, 9.17) is 23.2 Å². The van der Waals surface area contributed by atoms with E-state index in [9.17, 15) is 13.6 Å². The Morgan fingerprint density at radius 2 is 1.63 bits per heavy atom. The van der Waals surface area contributed by atoms with Crippen LogP contribution in [0.15, 0.2) is 30.3 Å². The Bertz CT molecular complexity index is 669. The number of carbonyl (C=O) groups is 1. The van der Waals surface area contributed by atoms with Crippen molar-refractivity contribution in [3.63, 3.8) is 0 Å². The minimum absolute atomic E-state index is 0.0917. The molecule has 98 valence electrons. The van der Waals surface area contributed by atoms with Crippen LogP contribution in [0.2, 0.25) is 10.0 Å². The lowest BCUT2D eigenvalue weighted by Gasteiger charge is -2.08. The number of ketones is 1. The van der Waals surface area contributed by atoms with Crippen LogP contribution in [0.1, 0.15) is 21.5 Å². The van der Waals surface area contributed by atoms with E-state index in [0.717, 1.165) is 12.1 Å². The Balaban J connectivity index is 2.56. The molecule has 0 aliphatic rings. The van der Waals surface area contributed by atoms with Crippen molar-refractivity contribution >= 4 is 29.0 Å². The van der Waals surface area contributed by atoms with E-state index >= 15 is 0 Å². The maximum Gasteiger partial charge on any atom is 0.194 e. The summed E-state index contributed by atoms with van der Waals surface area (Å²) in [6, 6.07) is 6.35. The molecule has 0 saturated carbocycles. The van der Waals surface area contributed by atoms with Gasteiger partial charge in [0.1, 0.15) is 0 Å². The zero-order valence-corrected chi connectivity index (χ0v) is 11.3. The van der Waals surface area contributed by atoms with Gasteiger partial charge < -0.3 is 0 Å². The molecule has 0 aliphatic heterocycles. The molecule has 0 amide bonds. The molecular weight excluding hydrogens is 293 g/mol. The first-order valence-electron chi connectivity index (χ1n) is 5.35. The molecule has 2 aromatic rings. The number of aryl methyl sites for hydroxylation is 1. The number of hydrogen-bond donors (Lipinski definition) is 0. The molecule has 19 heavy (non-hydrogen) atoms. The molecule has 2 aromatic carbocycles. The summed E-state index contributed by atoms with van der Waals surface area (Å²) >= 11 is 11.6. The summed E-state index contributed by atoms with van der Waals surface area (Å²) < 4.78 is 26.2. The van der Waals surface area contributed by atoms with Crippen molar-refractivity contribution in [2.45, 2.75) is 6.92 Å². The highest BCUT2D eigenvalue weighted by Gasteiger charge is 2.18. The Kier molecular flexibility index (Phi) is 3.88. The zero-order chi connectivity index (χ0) is 14.2. The van der Waals surface area contributed by atoms with Gasteiger partial charge >= 0.3 is 0 Å². The molecule has 2 rings (SSSR count). The average molecular weight is 301 g/mol. The first-order valence-corrected chi connectivity index (χ1v) is 6.11. The number of halogens is 4. The molecule has 0 saturated heterocycles. The van der Waals surface area contributed by atoms with Crippen LogP contribution in [-0.2, 0) is 0 Å². The van der Waals surface area contributed by atoms with Crippen molar-refractivity contribution in [3.05, 3.63) is 68.7 Å².